The van der Waals surface area contributed by atoms with Gasteiger partial charge in [-0.15, -0.1) is 11.3 Å². The molecule has 0 aliphatic carbocycles. The predicted octanol–water partition coefficient (Wildman–Crippen LogP) is 4.29. The van der Waals surface area contributed by atoms with E-state index in [0.29, 0.717) is 23.5 Å². The summed E-state index contributed by atoms with van der Waals surface area (Å²) in [5.41, 5.74) is 2.50. The molecule has 0 saturated heterocycles. The standard InChI is InChI=1S/C17H18BrNO3S/c1-9(2)22-17(21)12-4-5-19-13(12)6-10(3)15(19)16(20)14-7-11(18)8-23-14/h6-9,12H,4-5H2,1-3H3. The second-order valence-corrected chi connectivity index (χ2v) is 7.86. The molecule has 3 rings (SSSR count). The molecular weight excluding hydrogens is 378 g/mol. The summed E-state index contributed by atoms with van der Waals surface area (Å²) in [5.74, 6) is -0.454. The van der Waals surface area contributed by atoms with Gasteiger partial charge in [-0.1, -0.05) is 0 Å². The molecule has 1 unspecified atom stereocenters. The highest BCUT2D eigenvalue weighted by atomic mass is 79.9. The van der Waals surface area contributed by atoms with Gasteiger partial charge in [0.05, 0.1) is 22.6 Å². The molecule has 2 aromatic heterocycles. The smallest absolute Gasteiger partial charge is 0.315 e. The molecule has 1 aliphatic rings. The Morgan fingerprint density at radius 2 is 2.13 bits per heavy atom. The fourth-order valence-corrected chi connectivity index (χ4v) is 4.42. The number of carbonyl (C=O) groups excluding carboxylic acids is 2. The monoisotopic (exact) mass is 395 g/mol. The van der Waals surface area contributed by atoms with Crippen LogP contribution in [0.5, 0.6) is 0 Å². The first-order valence-electron chi connectivity index (χ1n) is 7.57. The third kappa shape index (κ3) is 3.02. The maximum atomic E-state index is 12.8. The van der Waals surface area contributed by atoms with E-state index in [2.05, 4.69) is 15.9 Å². The molecule has 0 N–H and O–H groups in total. The van der Waals surface area contributed by atoms with Crippen LogP contribution in [0, 0.1) is 6.92 Å². The lowest BCUT2D eigenvalue weighted by Crippen LogP contribution is -2.18. The number of ketones is 1. The summed E-state index contributed by atoms with van der Waals surface area (Å²) in [6, 6.07) is 3.79. The Balaban J connectivity index is 1.94. The number of carbonyl (C=O) groups is 2. The van der Waals surface area contributed by atoms with Gasteiger partial charge in [0.25, 0.3) is 0 Å². The molecule has 1 atom stereocenters. The van der Waals surface area contributed by atoms with E-state index < -0.39 is 0 Å². The van der Waals surface area contributed by atoms with Crippen LogP contribution < -0.4 is 0 Å². The highest BCUT2D eigenvalue weighted by molar-refractivity contribution is 9.10. The van der Waals surface area contributed by atoms with E-state index in [9.17, 15) is 9.59 Å². The van der Waals surface area contributed by atoms with Gasteiger partial charge in [0, 0.05) is 22.1 Å². The van der Waals surface area contributed by atoms with E-state index in [-0.39, 0.29) is 23.8 Å². The Morgan fingerprint density at radius 1 is 1.39 bits per heavy atom. The van der Waals surface area contributed by atoms with Gasteiger partial charge in [-0.05, 0) is 60.8 Å². The Labute approximate surface area is 147 Å². The summed E-state index contributed by atoms with van der Waals surface area (Å²) in [6.45, 7) is 6.29. The van der Waals surface area contributed by atoms with Gasteiger partial charge in [0.15, 0.2) is 0 Å². The third-order valence-electron chi connectivity index (χ3n) is 3.96. The highest BCUT2D eigenvalue weighted by Crippen LogP contribution is 2.35. The first-order valence-corrected chi connectivity index (χ1v) is 9.25. The lowest BCUT2D eigenvalue weighted by molar-refractivity contribution is -0.149. The van der Waals surface area contributed by atoms with Crippen LogP contribution in [0.4, 0.5) is 0 Å². The van der Waals surface area contributed by atoms with E-state index in [0.717, 1.165) is 15.7 Å². The topological polar surface area (TPSA) is 48.3 Å². The maximum Gasteiger partial charge on any atom is 0.315 e. The van der Waals surface area contributed by atoms with Gasteiger partial charge in [-0.2, -0.15) is 0 Å². The molecule has 23 heavy (non-hydrogen) atoms. The molecule has 0 radical (unpaired) electrons. The summed E-state index contributed by atoms with van der Waals surface area (Å²) in [7, 11) is 0. The first kappa shape index (κ1) is 16.5. The minimum absolute atomic E-state index is 0.0160. The fourth-order valence-electron chi connectivity index (χ4n) is 3.05. The van der Waals surface area contributed by atoms with Crippen LogP contribution in [0.1, 0.15) is 52.8 Å². The second kappa shape index (κ2) is 6.24. The maximum absolute atomic E-state index is 12.8. The molecule has 0 aromatic carbocycles. The van der Waals surface area contributed by atoms with E-state index >= 15 is 0 Å². The minimum atomic E-state index is -0.271. The molecule has 0 bridgehead atoms. The minimum Gasteiger partial charge on any atom is -0.462 e. The van der Waals surface area contributed by atoms with Crippen molar-refractivity contribution in [3.63, 3.8) is 0 Å². The van der Waals surface area contributed by atoms with Crippen molar-refractivity contribution in [2.75, 3.05) is 0 Å². The van der Waals surface area contributed by atoms with Crippen molar-refractivity contribution >= 4 is 39.0 Å². The van der Waals surface area contributed by atoms with Crippen LogP contribution in [0.2, 0.25) is 0 Å². The van der Waals surface area contributed by atoms with Crippen molar-refractivity contribution in [1.82, 2.24) is 4.57 Å². The van der Waals surface area contributed by atoms with Gasteiger partial charge in [-0.25, -0.2) is 0 Å². The van der Waals surface area contributed by atoms with E-state index in [1.165, 1.54) is 11.3 Å². The summed E-state index contributed by atoms with van der Waals surface area (Å²) >= 11 is 4.81. The zero-order valence-corrected chi connectivity index (χ0v) is 15.7. The number of halogens is 1. The molecule has 4 nitrogen and oxygen atoms in total. The van der Waals surface area contributed by atoms with Gasteiger partial charge in [-0.3, -0.25) is 9.59 Å². The summed E-state index contributed by atoms with van der Waals surface area (Å²) < 4.78 is 8.24. The normalized spacial score (nSPS) is 16.7. The average molecular weight is 396 g/mol. The Hall–Kier alpha value is -1.40. The van der Waals surface area contributed by atoms with Gasteiger partial charge < -0.3 is 9.30 Å². The Bertz CT molecular complexity index is 775. The number of rotatable bonds is 4. The summed E-state index contributed by atoms with van der Waals surface area (Å²) in [6.07, 6.45) is 0.562. The number of hydrogen-bond acceptors (Lipinski definition) is 4. The quantitative estimate of drug-likeness (QED) is 0.572. The zero-order chi connectivity index (χ0) is 16.7. The van der Waals surface area contributed by atoms with Crippen molar-refractivity contribution in [1.29, 1.82) is 0 Å². The number of aryl methyl sites for hydroxylation is 1. The molecule has 0 fully saturated rings. The molecule has 0 amide bonds. The predicted molar refractivity (Wildman–Crippen MR) is 93.2 cm³/mol. The van der Waals surface area contributed by atoms with E-state index in [1.54, 1.807) is 0 Å². The van der Waals surface area contributed by atoms with Crippen LogP contribution in [0.15, 0.2) is 22.0 Å². The molecule has 0 saturated carbocycles. The lowest BCUT2D eigenvalue weighted by Gasteiger charge is -2.12. The Kier molecular flexibility index (Phi) is 4.47. The summed E-state index contributed by atoms with van der Waals surface area (Å²) in [4.78, 5) is 25.8. The molecule has 2 aromatic rings. The van der Waals surface area contributed by atoms with E-state index in [1.807, 2.05) is 42.9 Å². The van der Waals surface area contributed by atoms with Crippen LogP contribution >= 0.6 is 27.3 Å². The molecule has 3 heterocycles. The number of hydrogen-bond donors (Lipinski definition) is 0. The average Bonchev–Trinajstić information content (AvgIpc) is 3.12. The zero-order valence-electron chi connectivity index (χ0n) is 13.3. The first-order chi connectivity index (χ1) is 10.9. The van der Waals surface area contributed by atoms with Crippen molar-refractivity contribution in [2.45, 2.75) is 45.8 Å². The molecule has 6 heteroatoms. The van der Waals surface area contributed by atoms with Gasteiger partial charge in [0.1, 0.15) is 0 Å². The number of aromatic nitrogens is 1. The number of nitrogens with zero attached hydrogens (tertiary/aromatic N) is 1. The van der Waals surface area contributed by atoms with E-state index in [4.69, 9.17) is 4.74 Å². The van der Waals surface area contributed by atoms with Crippen molar-refractivity contribution < 1.29 is 14.3 Å². The lowest BCUT2D eigenvalue weighted by atomic mass is 10.0. The number of fused-ring (bicyclic) bond motifs is 1. The fraction of sp³-hybridized carbons (Fsp3) is 0.412. The highest BCUT2D eigenvalue weighted by Gasteiger charge is 2.34. The van der Waals surface area contributed by atoms with Crippen molar-refractivity contribution in [3.05, 3.63) is 43.8 Å². The van der Waals surface area contributed by atoms with Gasteiger partial charge in [0.2, 0.25) is 5.78 Å². The number of thiophene rings is 1. The van der Waals surface area contributed by atoms with Crippen LogP contribution in [0.25, 0.3) is 0 Å². The largest absolute Gasteiger partial charge is 0.462 e. The number of esters is 1. The molecule has 1 aliphatic heterocycles. The summed E-state index contributed by atoms with van der Waals surface area (Å²) in [5, 5.41) is 1.90. The molecular formula is C17H18BrNO3S. The van der Waals surface area contributed by atoms with Crippen LogP contribution in [-0.2, 0) is 16.1 Å². The number of ether oxygens (including phenoxy) is 1. The SMILES string of the molecule is Cc1cc2n(c1C(=O)c1cc(Br)cs1)CCC2C(=O)OC(C)C. The van der Waals surface area contributed by atoms with Gasteiger partial charge >= 0.3 is 5.97 Å². The van der Waals surface area contributed by atoms with Crippen LogP contribution in [0.3, 0.4) is 0 Å². The van der Waals surface area contributed by atoms with Crippen molar-refractivity contribution in [2.24, 2.45) is 0 Å². The van der Waals surface area contributed by atoms with Crippen LogP contribution in [-0.4, -0.2) is 22.4 Å². The second-order valence-electron chi connectivity index (χ2n) is 6.04. The Morgan fingerprint density at radius 3 is 2.74 bits per heavy atom. The van der Waals surface area contributed by atoms with Crippen molar-refractivity contribution in [3.8, 4) is 0 Å². The third-order valence-corrected chi connectivity index (χ3v) is 5.65. The molecule has 122 valence electrons. The molecule has 0 spiro atoms.